The van der Waals surface area contributed by atoms with Gasteiger partial charge in [-0.2, -0.15) is 0 Å². The topological polar surface area (TPSA) is 55.8 Å². The summed E-state index contributed by atoms with van der Waals surface area (Å²) in [5, 5.41) is 0. The number of hydrogen-bond acceptors (Lipinski definition) is 4. The molecule has 3 aliphatic heterocycles. The minimum Gasteiger partial charge on any atom is -0.465 e. The molecule has 5 nitrogen and oxygen atoms in total. The Morgan fingerprint density at radius 1 is 1.35 bits per heavy atom. The number of likely N-dealkylation sites (tertiary alicyclic amines) is 1. The zero-order chi connectivity index (χ0) is 18.3. The van der Waals surface area contributed by atoms with E-state index in [9.17, 15) is 9.59 Å². The van der Waals surface area contributed by atoms with E-state index in [2.05, 4.69) is 12.1 Å². The first-order valence-electron chi connectivity index (χ1n) is 9.37. The Balaban J connectivity index is 1.47. The van der Waals surface area contributed by atoms with Gasteiger partial charge in [0.2, 0.25) is 5.91 Å². The lowest BCUT2D eigenvalue weighted by atomic mass is 9.77. The molecule has 2 bridgehead atoms. The molecule has 1 amide bonds. The summed E-state index contributed by atoms with van der Waals surface area (Å²) in [4.78, 5) is 27.5. The maximum absolute atomic E-state index is 13.1. The number of ether oxygens (including phenoxy) is 2. The van der Waals surface area contributed by atoms with Crippen molar-refractivity contribution in [3.05, 3.63) is 48.0 Å². The van der Waals surface area contributed by atoms with Crippen LogP contribution in [-0.4, -0.2) is 48.2 Å². The van der Waals surface area contributed by atoms with Crippen molar-refractivity contribution in [2.45, 2.75) is 32.0 Å². The first-order valence-corrected chi connectivity index (χ1v) is 9.37. The molecule has 0 aliphatic carbocycles. The molecule has 0 radical (unpaired) electrons. The summed E-state index contributed by atoms with van der Waals surface area (Å²) < 4.78 is 11.5. The van der Waals surface area contributed by atoms with E-state index in [1.165, 1.54) is 5.56 Å². The first kappa shape index (κ1) is 17.3. The number of rotatable bonds is 6. The summed E-state index contributed by atoms with van der Waals surface area (Å²) in [5.41, 5.74) is 0.545. The SMILES string of the molecule is CC(C)COC(=O)[C@@H]1[C@@H]2C=C[C@]3(CN(CCc4ccccc4)C(=O)[C@H]13)O2. The normalized spacial score (nSPS) is 31.7. The lowest BCUT2D eigenvalue weighted by molar-refractivity contribution is -0.154. The van der Waals surface area contributed by atoms with E-state index in [-0.39, 0.29) is 23.9 Å². The molecule has 0 unspecified atom stereocenters. The summed E-state index contributed by atoms with van der Waals surface area (Å²) in [5.74, 6) is -0.997. The summed E-state index contributed by atoms with van der Waals surface area (Å²) >= 11 is 0. The average Bonchev–Trinajstić information content (AvgIpc) is 3.27. The summed E-state index contributed by atoms with van der Waals surface area (Å²) in [7, 11) is 0. The van der Waals surface area contributed by atoms with E-state index in [1.54, 1.807) is 0 Å². The molecule has 3 heterocycles. The number of carbonyl (C=O) groups is 2. The number of fused-ring (bicyclic) bond motifs is 1. The Morgan fingerprint density at radius 2 is 2.12 bits per heavy atom. The molecule has 0 saturated carbocycles. The maximum Gasteiger partial charge on any atom is 0.312 e. The summed E-state index contributed by atoms with van der Waals surface area (Å²) in [6.45, 7) is 5.52. The molecule has 5 heteroatoms. The second-order valence-corrected chi connectivity index (χ2v) is 7.92. The minimum absolute atomic E-state index is 0.0132. The lowest BCUT2D eigenvalue weighted by Crippen LogP contribution is -2.40. The van der Waals surface area contributed by atoms with Crippen molar-refractivity contribution >= 4 is 11.9 Å². The third-order valence-electron chi connectivity index (χ3n) is 5.52. The highest BCUT2D eigenvalue weighted by Gasteiger charge is 2.67. The van der Waals surface area contributed by atoms with Gasteiger partial charge in [0, 0.05) is 6.54 Å². The lowest BCUT2D eigenvalue weighted by Gasteiger charge is -2.23. The van der Waals surface area contributed by atoms with Gasteiger partial charge in [0.15, 0.2) is 0 Å². The fourth-order valence-electron chi connectivity index (χ4n) is 4.29. The van der Waals surface area contributed by atoms with Crippen LogP contribution in [0.4, 0.5) is 0 Å². The molecule has 4 rings (SSSR count). The Kier molecular flexibility index (Phi) is 4.35. The Labute approximate surface area is 154 Å². The second kappa shape index (κ2) is 6.54. The van der Waals surface area contributed by atoms with Crippen molar-refractivity contribution in [1.29, 1.82) is 0 Å². The van der Waals surface area contributed by atoms with Gasteiger partial charge < -0.3 is 14.4 Å². The molecule has 2 saturated heterocycles. The molecular formula is C21H25NO4. The van der Waals surface area contributed by atoms with Crippen LogP contribution in [0.2, 0.25) is 0 Å². The van der Waals surface area contributed by atoms with Gasteiger partial charge in [-0.3, -0.25) is 9.59 Å². The number of benzene rings is 1. The van der Waals surface area contributed by atoms with Crippen LogP contribution in [0.25, 0.3) is 0 Å². The molecule has 4 atom stereocenters. The van der Waals surface area contributed by atoms with Crippen LogP contribution in [0.1, 0.15) is 19.4 Å². The van der Waals surface area contributed by atoms with E-state index in [1.807, 2.05) is 49.1 Å². The van der Waals surface area contributed by atoms with Crippen molar-refractivity contribution in [1.82, 2.24) is 4.90 Å². The molecular weight excluding hydrogens is 330 g/mol. The summed E-state index contributed by atoms with van der Waals surface area (Å²) in [6.07, 6.45) is 4.37. The van der Waals surface area contributed by atoms with Gasteiger partial charge in [0.05, 0.1) is 25.2 Å². The largest absolute Gasteiger partial charge is 0.465 e. The molecule has 1 spiro atoms. The van der Waals surface area contributed by atoms with Crippen molar-refractivity contribution in [3.63, 3.8) is 0 Å². The molecule has 138 valence electrons. The second-order valence-electron chi connectivity index (χ2n) is 7.92. The van der Waals surface area contributed by atoms with Crippen LogP contribution >= 0.6 is 0 Å². The van der Waals surface area contributed by atoms with Crippen LogP contribution in [0.5, 0.6) is 0 Å². The standard InChI is InChI=1S/C21H25NO4/c1-14(2)12-25-20(24)17-16-8-10-21(26-16)13-22(19(23)18(17)21)11-9-15-6-4-3-5-7-15/h3-8,10,14,16-18H,9,11-13H2,1-2H3/t16-,17+,18-,21+/m0/s1. The Bertz CT molecular complexity index is 729. The third-order valence-corrected chi connectivity index (χ3v) is 5.52. The zero-order valence-corrected chi connectivity index (χ0v) is 15.3. The highest BCUT2D eigenvalue weighted by molar-refractivity contribution is 5.91. The van der Waals surface area contributed by atoms with Crippen molar-refractivity contribution < 1.29 is 19.1 Å². The molecule has 1 aromatic rings. The molecule has 26 heavy (non-hydrogen) atoms. The predicted octanol–water partition coefficient (Wildman–Crippen LogP) is 2.21. The Hall–Kier alpha value is -2.14. The van der Waals surface area contributed by atoms with Gasteiger partial charge in [-0.05, 0) is 17.9 Å². The van der Waals surface area contributed by atoms with Crippen molar-refractivity contribution in [2.75, 3.05) is 19.7 Å². The van der Waals surface area contributed by atoms with E-state index < -0.39 is 17.4 Å². The third kappa shape index (κ3) is 2.84. The average molecular weight is 355 g/mol. The van der Waals surface area contributed by atoms with Gasteiger partial charge >= 0.3 is 5.97 Å². The maximum atomic E-state index is 13.1. The number of amides is 1. The molecule has 0 N–H and O–H groups in total. The van der Waals surface area contributed by atoms with Crippen molar-refractivity contribution in [2.24, 2.45) is 17.8 Å². The molecule has 2 fully saturated rings. The van der Waals surface area contributed by atoms with Crippen LogP contribution in [0, 0.1) is 17.8 Å². The van der Waals surface area contributed by atoms with Gasteiger partial charge in [-0.25, -0.2) is 0 Å². The first-order chi connectivity index (χ1) is 12.5. The van der Waals surface area contributed by atoms with Crippen molar-refractivity contribution in [3.8, 4) is 0 Å². The van der Waals surface area contributed by atoms with Crippen LogP contribution in [0.15, 0.2) is 42.5 Å². The van der Waals surface area contributed by atoms with Gasteiger partial charge in [-0.1, -0.05) is 56.3 Å². The minimum atomic E-state index is -0.653. The fraction of sp³-hybridized carbons (Fsp3) is 0.524. The van der Waals surface area contributed by atoms with Crippen LogP contribution in [0.3, 0.4) is 0 Å². The monoisotopic (exact) mass is 355 g/mol. The van der Waals surface area contributed by atoms with Crippen LogP contribution in [-0.2, 0) is 25.5 Å². The smallest absolute Gasteiger partial charge is 0.312 e. The van der Waals surface area contributed by atoms with E-state index in [4.69, 9.17) is 9.47 Å². The van der Waals surface area contributed by atoms with Crippen LogP contribution < -0.4 is 0 Å². The molecule has 0 aromatic heterocycles. The quantitative estimate of drug-likeness (QED) is 0.580. The van der Waals surface area contributed by atoms with Gasteiger partial charge in [-0.15, -0.1) is 0 Å². The predicted molar refractivity (Wildman–Crippen MR) is 96.2 cm³/mol. The zero-order valence-electron chi connectivity index (χ0n) is 15.3. The highest BCUT2D eigenvalue weighted by atomic mass is 16.6. The van der Waals surface area contributed by atoms with E-state index in [0.29, 0.717) is 19.7 Å². The molecule has 3 aliphatic rings. The van der Waals surface area contributed by atoms with Gasteiger partial charge in [0.1, 0.15) is 11.5 Å². The Morgan fingerprint density at radius 3 is 2.85 bits per heavy atom. The van der Waals surface area contributed by atoms with Gasteiger partial charge in [0.25, 0.3) is 0 Å². The summed E-state index contributed by atoms with van der Waals surface area (Å²) in [6, 6.07) is 10.1. The fourth-order valence-corrected chi connectivity index (χ4v) is 4.29. The number of carbonyl (C=O) groups excluding carboxylic acids is 2. The number of nitrogens with zero attached hydrogens (tertiary/aromatic N) is 1. The molecule has 1 aromatic carbocycles. The van der Waals surface area contributed by atoms with E-state index >= 15 is 0 Å². The number of hydrogen-bond donors (Lipinski definition) is 0. The number of esters is 1. The highest BCUT2D eigenvalue weighted by Crippen LogP contribution is 2.52. The van der Waals surface area contributed by atoms with E-state index in [0.717, 1.165) is 6.42 Å².